The molecule has 1 heterocycles. The zero-order valence-electron chi connectivity index (χ0n) is 3.49. The molecule has 33 valence electrons. The van der Waals surface area contributed by atoms with Crippen LogP contribution in [-0.2, 0) is 0 Å². The standard InChI is InChI=1S/C4H7N2/c1-2-6-4-3-5-1/h1,5-6H,3-4H2. The maximum Gasteiger partial charge on any atom is 0.0751 e. The molecule has 0 saturated carbocycles. The van der Waals surface area contributed by atoms with Crippen molar-refractivity contribution in [2.45, 2.75) is 0 Å². The first-order valence-electron chi connectivity index (χ1n) is 2.03. The molecule has 0 bridgehead atoms. The molecule has 0 spiro atoms. The van der Waals surface area contributed by atoms with Crippen molar-refractivity contribution >= 4 is 0 Å². The minimum Gasteiger partial charge on any atom is -0.387 e. The lowest BCUT2D eigenvalue weighted by molar-refractivity contribution is 0.707. The van der Waals surface area contributed by atoms with E-state index >= 15 is 0 Å². The van der Waals surface area contributed by atoms with Crippen LogP contribution in [0.4, 0.5) is 0 Å². The Bertz CT molecular complexity index is 50.6. The fraction of sp³-hybridized carbons (Fsp3) is 0.500. The van der Waals surface area contributed by atoms with Gasteiger partial charge in [0.05, 0.1) is 6.20 Å². The predicted octanol–water partition coefficient (Wildman–Crippen LogP) is -0.546. The molecule has 1 radical (unpaired) electrons. The third-order valence-electron chi connectivity index (χ3n) is 0.671. The summed E-state index contributed by atoms with van der Waals surface area (Å²) in [6.45, 7) is 2.02. The van der Waals surface area contributed by atoms with Gasteiger partial charge in [-0.3, -0.25) is 0 Å². The van der Waals surface area contributed by atoms with Crippen LogP contribution < -0.4 is 10.6 Å². The Hall–Kier alpha value is -0.660. The second-order valence-corrected chi connectivity index (χ2v) is 1.17. The molecule has 1 aliphatic heterocycles. The maximum absolute atomic E-state index is 2.99. The Morgan fingerprint density at radius 3 is 2.67 bits per heavy atom. The molecule has 0 aliphatic carbocycles. The molecular weight excluding hydrogens is 76.1 g/mol. The molecule has 0 saturated heterocycles. The Kier molecular flexibility index (Phi) is 0.998. The third-order valence-corrected chi connectivity index (χ3v) is 0.671. The lowest BCUT2D eigenvalue weighted by Crippen LogP contribution is -2.26. The molecule has 0 unspecified atom stereocenters. The topological polar surface area (TPSA) is 24.1 Å². The van der Waals surface area contributed by atoms with Crippen molar-refractivity contribution in [1.82, 2.24) is 10.6 Å². The van der Waals surface area contributed by atoms with Crippen molar-refractivity contribution in [2.24, 2.45) is 0 Å². The molecule has 1 aliphatic rings. The Morgan fingerprint density at radius 2 is 2.50 bits per heavy atom. The maximum atomic E-state index is 2.99. The Labute approximate surface area is 37.2 Å². The normalized spacial score (nSPS) is 18.7. The number of nitrogens with one attached hydrogen (secondary N) is 2. The monoisotopic (exact) mass is 83.1 g/mol. The fourth-order valence-corrected chi connectivity index (χ4v) is 0.381. The summed E-state index contributed by atoms with van der Waals surface area (Å²) in [6.07, 6.45) is 4.58. The van der Waals surface area contributed by atoms with Gasteiger partial charge in [0.15, 0.2) is 0 Å². The van der Waals surface area contributed by atoms with Gasteiger partial charge in [-0.2, -0.15) is 0 Å². The smallest absolute Gasteiger partial charge is 0.0751 e. The Balaban J connectivity index is 2.26. The van der Waals surface area contributed by atoms with E-state index in [4.69, 9.17) is 0 Å². The van der Waals surface area contributed by atoms with Crippen molar-refractivity contribution in [2.75, 3.05) is 13.1 Å². The molecule has 0 aromatic rings. The molecule has 1 rings (SSSR count). The van der Waals surface area contributed by atoms with E-state index in [0.717, 1.165) is 13.1 Å². The van der Waals surface area contributed by atoms with Crippen molar-refractivity contribution in [1.29, 1.82) is 0 Å². The number of hydrogen-bond acceptors (Lipinski definition) is 2. The zero-order chi connectivity index (χ0) is 4.24. The van der Waals surface area contributed by atoms with E-state index in [9.17, 15) is 0 Å². The van der Waals surface area contributed by atoms with Gasteiger partial charge < -0.3 is 10.6 Å². The van der Waals surface area contributed by atoms with Crippen LogP contribution in [0.1, 0.15) is 0 Å². The van der Waals surface area contributed by atoms with E-state index in [-0.39, 0.29) is 0 Å². The van der Waals surface area contributed by atoms with E-state index in [0.29, 0.717) is 0 Å². The van der Waals surface area contributed by atoms with Gasteiger partial charge in [0, 0.05) is 19.3 Å². The van der Waals surface area contributed by atoms with Gasteiger partial charge in [-0.1, -0.05) is 0 Å². The molecular formula is C4H7N2. The van der Waals surface area contributed by atoms with Gasteiger partial charge in [0.25, 0.3) is 0 Å². The SMILES string of the molecule is [C]1=CNCCN1. The first-order valence-corrected chi connectivity index (χ1v) is 2.03. The van der Waals surface area contributed by atoms with Crippen LogP contribution in [0, 0.1) is 6.20 Å². The molecule has 0 aromatic heterocycles. The first kappa shape index (κ1) is 3.53. The molecule has 2 nitrogen and oxygen atoms in total. The highest BCUT2D eigenvalue weighted by Gasteiger charge is 1.82. The van der Waals surface area contributed by atoms with Gasteiger partial charge in [0.2, 0.25) is 0 Å². The summed E-state index contributed by atoms with van der Waals surface area (Å²) < 4.78 is 0. The average Bonchev–Trinajstić information content (AvgIpc) is 1.72. The van der Waals surface area contributed by atoms with Crippen LogP contribution in [0.25, 0.3) is 0 Å². The zero-order valence-corrected chi connectivity index (χ0v) is 3.49. The van der Waals surface area contributed by atoms with E-state index in [1.165, 1.54) is 0 Å². The van der Waals surface area contributed by atoms with Crippen LogP contribution >= 0.6 is 0 Å². The van der Waals surface area contributed by atoms with E-state index in [2.05, 4.69) is 16.8 Å². The predicted molar refractivity (Wildman–Crippen MR) is 23.8 cm³/mol. The fourth-order valence-electron chi connectivity index (χ4n) is 0.381. The minimum absolute atomic E-state index is 0.997. The summed E-state index contributed by atoms with van der Waals surface area (Å²) in [7, 11) is 0. The highest BCUT2D eigenvalue weighted by Crippen LogP contribution is 1.66. The van der Waals surface area contributed by atoms with Crippen molar-refractivity contribution < 1.29 is 0 Å². The van der Waals surface area contributed by atoms with Crippen LogP contribution in [0.15, 0.2) is 6.20 Å². The lowest BCUT2D eigenvalue weighted by atomic mass is 10.5. The summed E-state index contributed by atoms with van der Waals surface area (Å²) in [4.78, 5) is 0. The quantitative estimate of drug-likeness (QED) is 0.411. The molecule has 0 fully saturated rings. The van der Waals surface area contributed by atoms with Crippen LogP contribution in [0.5, 0.6) is 0 Å². The first-order chi connectivity index (χ1) is 3.00. The minimum atomic E-state index is 0.997. The van der Waals surface area contributed by atoms with E-state index in [1.54, 1.807) is 6.20 Å². The summed E-state index contributed by atoms with van der Waals surface area (Å²) in [5.41, 5.74) is 0. The average molecular weight is 83.1 g/mol. The molecule has 0 aromatic carbocycles. The summed E-state index contributed by atoms with van der Waals surface area (Å²) in [6, 6.07) is 0. The summed E-state index contributed by atoms with van der Waals surface area (Å²) in [5, 5.41) is 5.90. The molecule has 0 amide bonds. The lowest BCUT2D eigenvalue weighted by Gasteiger charge is -2.04. The molecule has 2 heteroatoms. The molecule has 2 N–H and O–H groups in total. The van der Waals surface area contributed by atoms with Crippen LogP contribution in [0.3, 0.4) is 0 Å². The Morgan fingerprint density at radius 1 is 1.50 bits per heavy atom. The molecule has 0 atom stereocenters. The van der Waals surface area contributed by atoms with Crippen LogP contribution in [0.2, 0.25) is 0 Å². The van der Waals surface area contributed by atoms with Gasteiger partial charge in [-0.15, -0.1) is 0 Å². The summed E-state index contributed by atoms with van der Waals surface area (Å²) >= 11 is 0. The third kappa shape index (κ3) is 0.641. The number of rotatable bonds is 0. The van der Waals surface area contributed by atoms with Crippen molar-refractivity contribution in [3.63, 3.8) is 0 Å². The van der Waals surface area contributed by atoms with Gasteiger partial charge in [-0.25, -0.2) is 0 Å². The highest BCUT2D eigenvalue weighted by atomic mass is 15.0. The van der Waals surface area contributed by atoms with Gasteiger partial charge in [0.1, 0.15) is 0 Å². The number of hydrogen-bond donors (Lipinski definition) is 2. The van der Waals surface area contributed by atoms with Crippen molar-refractivity contribution in [3.05, 3.63) is 12.4 Å². The summed E-state index contributed by atoms with van der Waals surface area (Å²) in [5.74, 6) is 0. The van der Waals surface area contributed by atoms with E-state index in [1.807, 2.05) is 0 Å². The van der Waals surface area contributed by atoms with E-state index < -0.39 is 0 Å². The van der Waals surface area contributed by atoms with Gasteiger partial charge in [-0.05, 0) is 0 Å². The molecule has 6 heavy (non-hydrogen) atoms. The van der Waals surface area contributed by atoms with Crippen molar-refractivity contribution in [3.8, 4) is 0 Å². The second-order valence-electron chi connectivity index (χ2n) is 1.17. The van der Waals surface area contributed by atoms with Crippen LogP contribution in [-0.4, -0.2) is 13.1 Å². The largest absolute Gasteiger partial charge is 0.387 e. The van der Waals surface area contributed by atoms with Gasteiger partial charge >= 0.3 is 0 Å². The highest BCUT2D eigenvalue weighted by molar-refractivity contribution is 4.74. The second kappa shape index (κ2) is 1.70.